The summed E-state index contributed by atoms with van der Waals surface area (Å²) in [5.74, 6) is -1.85. The van der Waals surface area contributed by atoms with Crippen molar-refractivity contribution in [3.63, 3.8) is 0 Å². The number of carbonyl (C=O) groups is 2. The van der Waals surface area contributed by atoms with Crippen molar-refractivity contribution in [3.8, 4) is 0 Å². The molecular weight excluding hydrogens is 280 g/mol. The van der Waals surface area contributed by atoms with Crippen molar-refractivity contribution in [2.24, 2.45) is 0 Å². The summed E-state index contributed by atoms with van der Waals surface area (Å²) in [6.07, 6.45) is 1.81. The summed E-state index contributed by atoms with van der Waals surface area (Å²) in [5.41, 5.74) is -0.0574. The van der Waals surface area contributed by atoms with Gasteiger partial charge in [-0.05, 0) is 18.6 Å². The van der Waals surface area contributed by atoms with Gasteiger partial charge in [-0.1, -0.05) is 25.5 Å². The van der Waals surface area contributed by atoms with E-state index in [1.807, 2.05) is 6.92 Å². The molecule has 0 amide bonds. The number of aromatic carboxylic acids is 1. The van der Waals surface area contributed by atoms with Crippen molar-refractivity contribution < 1.29 is 23.6 Å². The van der Waals surface area contributed by atoms with Gasteiger partial charge in [0.2, 0.25) is 0 Å². The highest BCUT2D eigenvalue weighted by atomic mass is 32.2. The van der Waals surface area contributed by atoms with E-state index in [9.17, 15) is 13.8 Å². The summed E-state index contributed by atoms with van der Waals surface area (Å²) in [6, 6.07) is 5.90. The number of benzene rings is 1. The molecule has 0 radical (unpaired) electrons. The van der Waals surface area contributed by atoms with E-state index < -0.39 is 22.7 Å². The van der Waals surface area contributed by atoms with E-state index in [2.05, 4.69) is 0 Å². The molecular formula is C14H16O5S. The third-order valence-electron chi connectivity index (χ3n) is 3.26. The molecule has 5 nitrogen and oxygen atoms in total. The summed E-state index contributed by atoms with van der Waals surface area (Å²) in [7, 11) is -0.917. The zero-order valence-corrected chi connectivity index (χ0v) is 11.9. The van der Waals surface area contributed by atoms with Gasteiger partial charge in [0.25, 0.3) is 0 Å². The van der Waals surface area contributed by atoms with Crippen LogP contribution in [-0.4, -0.2) is 38.4 Å². The number of ether oxygens (including phenoxy) is 1. The molecule has 1 aromatic rings. The molecule has 1 fully saturated rings. The van der Waals surface area contributed by atoms with E-state index in [0.29, 0.717) is 0 Å². The summed E-state index contributed by atoms with van der Waals surface area (Å²) < 4.78 is 16.7. The third kappa shape index (κ3) is 3.07. The Morgan fingerprint density at radius 2 is 1.90 bits per heavy atom. The fourth-order valence-corrected chi connectivity index (χ4v) is 3.71. The second kappa shape index (κ2) is 6.17. The van der Waals surface area contributed by atoms with E-state index in [1.165, 1.54) is 12.1 Å². The topological polar surface area (TPSA) is 80.7 Å². The molecule has 1 unspecified atom stereocenters. The van der Waals surface area contributed by atoms with E-state index in [4.69, 9.17) is 9.84 Å². The molecule has 2 rings (SSSR count). The molecule has 1 N–H and O–H groups in total. The summed E-state index contributed by atoms with van der Waals surface area (Å²) in [4.78, 5) is 22.9. The molecule has 108 valence electrons. The van der Waals surface area contributed by atoms with E-state index in [0.717, 1.165) is 12.8 Å². The molecule has 1 aromatic carbocycles. The van der Waals surface area contributed by atoms with Gasteiger partial charge in [-0.15, -0.1) is 0 Å². The van der Waals surface area contributed by atoms with Crippen molar-refractivity contribution in [1.82, 2.24) is 0 Å². The SMILES string of the molecule is CCC[C@H]1[C@@H](COC(=O)c2ccccc2C(=O)O)S1=O. The number of hydrogen-bond acceptors (Lipinski definition) is 4. The second-order valence-corrected chi connectivity index (χ2v) is 6.51. The van der Waals surface area contributed by atoms with Crippen LogP contribution in [0.3, 0.4) is 0 Å². The van der Waals surface area contributed by atoms with Crippen molar-refractivity contribution >= 4 is 22.7 Å². The van der Waals surface area contributed by atoms with Crippen LogP contribution < -0.4 is 0 Å². The van der Waals surface area contributed by atoms with E-state index in [-0.39, 0.29) is 28.2 Å². The van der Waals surface area contributed by atoms with Gasteiger partial charge in [-0.3, -0.25) is 4.21 Å². The first-order valence-electron chi connectivity index (χ1n) is 6.45. The molecule has 0 bridgehead atoms. The van der Waals surface area contributed by atoms with Gasteiger partial charge in [-0.25, -0.2) is 9.59 Å². The van der Waals surface area contributed by atoms with E-state index >= 15 is 0 Å². The maximum absolute atomic E-state index is 11.9. The Labute approximate surface area is 119 Å². The third-order valence-corrected chi connectivity index (χ3v) is 5.17. The van der Waals surface area contributed by atoms with Crippen LogP contribution in [0.1, 0.15) is 40.5 Å². The molecule has 3 atom stereocenters. The molecule has 0 spiro atoms. The lowest BCUT2D eigenvalue weighted by Gasteiger charge is -2.06. The molecule has 1 aliphatic rings. The average molecular weight is 296 g/mol. The normalized spacial score (nSPS) is 24.1. The Morgan fingerprint density at radius 3 is 2.50 bits per heavy atom. The minimum atomic E-state index is -1.17. The fraction of sp³-hybridized carbons (Fsp3) is 0.429. The molecule has 20 heavy (non-hydrogen) atoms. The lowest BCUT2D eigenvalue weighted by molar-refractivity contribution is 0.0502. The molecule has 6 heteroatoms. The van der Waals surface area contributed by atoms with Gasteiger partial charge in [0.15, 0.2) is 0 Å². The van der Waals surface area contributed by atoms with Gasteiger partial charge in [0, 0.05) is 10.8 Å². The van der Waals surface area contributed by atoms with Crippen LogP contribution in [0.25, 0.3) is 0 Å². The van der Waals surface area contributed by atoms with Gasteiger partial charge >= 0.3 is 11.9 Å². The predicted octanol–water partition coefficient (Wildman–Crippen LogP) is 1.84. The summed E-state index contributed by atoms with van der Waals surface area (Å²) in [6.45, 7) is 2.10. The minimum Gasteiger partial charge on any atom is -0.478 e. The zero-order valence-electron chi connectivity index (χ0n) is 11.1. The Morgan fingerprint density at radius 1 is 1.25 bits per heavy atom. The van der Waals surface area contributed by atoms with Gasteiger partial charge in [0.05, 0.1) is 21.6 Å². The van der Waals surface area contributed by atoms with Crippen LogP contribution in [0.15, 0.2) is 24.3 Å². The summed E-state index contributed by atoms with van der Waals surface area (Å²) in [5, 5.41) is 9.01. The smallest absolute Gasteiger partial charge is 0.339 e. The van der Waals surface area contributed by atoms with Crippen molar-refractivity contribution in [2.45, 2.75) is 30.3 Å². The largest absolute Gasteiger partial charge is 0.478 e. The van der Waals surface area contributed by atoms with E-state index in [1.54, 1.807) is 12.1 Å². The number of carbonyl (C=O) groups excluding carboxylic acids is 1. The van der Waals surface area contributed by atoms with Gasteiger partial charge in [-0.2, -0.15) is 0 Å². The second-order valence-electron chi connectivity index (χ2n) is 4.64. The Kier molecular flexibility index (Phi) is 4.54. The predicted molar refractivity (Wildman–Crippen MR) is 74.3 cm³/mol. The van der Waals surface area contributed by atoms with Crippen molar-refractivity contribution in [2.75, 3.05) is 6.61 Å². The minimum absolute atomic E-state index is 0.0264. The van der Waals surface area contributed by atoms with Crippen LogP contribution in [-0.2, 0) is 15.5 Å². The lowest BCUT2D eigenvalue weighted by Crippen LogP contribution is -2.15. The Balaban J connectivity index is 1.97. The Hall–Kier alpha value is -1.69. The van der Waals surface area contributed by atoms with Gasteiger partial charge in [0.1, 0.15) is 6.61 Å². The highest BCUT2D eigenvalue weighted by Crippen LogP contribution is 2.32. The summed E-state index contributed by atoms with van der Waals surface area (Å²) >= 11 is 0. The van der Waals surface area contributed by atoms with Gasteiger partial charge < -0.3 is 9.84 Å². The number of rotatable bonds is 6. The van der Waals surface area contributed by atoms with Crippen LogP contribution in [0.5, 0.6) is 0 Å². The number of carboxylic acid groups (broad SMARTS) is 1. The molecule has 1 heterocycles. The first-order valence-corrected chi connectivity index (χ1v) is 7.72. The molecule has 0 saturated carbocycles. The number of esters is 1. The maximum atomic E-state index is 11.9. The molecule has 0 aliphatic carbocycles. The molecule has 1 saturated heterocycles. The van der Waals surface area contributed by atoms with Crippen LogP contribution in [0, 0.1) is 0 Å². The van der Waals surface area contributed by atoms with Crippen LogP contribution in [0.4, 0.5) is 0 Å². The molecule has 1 aliphatic heterocycles. The van der Waals surface area contributed by atoms with Crippen molar-refractivity contribution in [3.05, 3.63) is 35.4 Å². The van der Waals surface area contributed by atoms with Crippen molar-refractivity contribution in [1.29, 1.82) is 0 Å². The molecule has 0 aromatic heterocycles. The monoisotopic (exact) mass is 296 g/mol. The van der Waals surface area contributed by atoms with Crippen LogP contribution >= 0.6 is 0 Å². The highest BCUT2D eigenvalue weighted by Gasteiger charge is 2.47. The first-order chi connectivity index (χ1) is 9.56. The number of carboxylic acids is 1. The highest BCUT2D eigenvalue weighted by molar-refractivity contribution is 7.93. The number of hydrogen-bond donors (Lipinski definition) is 1. The maximum Gasteiger partial charge on any atom is 0.339 e. The zero-order chi connectivity index (χ0) is 14.7. The lowest BCUT2D eigenvalue weighted by atomic mass is 10.1. The fourth-order valence-electron chi connectivity index (χ4n) is 2.12. The van der Waals surface area contributed by atoms with Crippen LogP contribution in [0.2, 0.25) is 0 Å². The first kappa shape index (κ1) is 14.7. The average Bonchev–Trinajstić information content (AvgIpc) is 3.05. The quantitative estimate of drug-likeness (QED) is 0.640. The standard InChI is InChI=1S/C14H16O5S/c1-2-5-11-12(20(11)18)8-19-14(17)10-7-4-3-6-9(10)13(15)16/h3-4,6-7,11-12H,2,5,8H2,1H3,(H,15,16)/t11-,12+,20?/m0/s1. The Bertz CT molecular complexity index is 554.